The lowest BCUT2D eigenvalue weighted by atomic mass is 9.88. The van der Waals surface area contributed by atoms with Crippen LogP contribution in [0.3, 0.4) is 0 Å². The predicted octanol–water partition coefficient (Wildman–Crippen LogP) is 1.96. The van der Waals surface area contributed by atoms with E-state index in [0.717, 1.165) is 18.7 Å². The largest absolute Gasteiger partial charge is 0.316 e. The molecule has 2 aromatic rings. The summed E-state index contributed by atoms with van der Waals surface area (Å²) >= 11 is 0. The summed E-state index contributed by atoms with van der Waals surface area (Å²) in [7, 11) is 0. The second-order valence-electron chi connectivity index (χ2n) is 5.45. The summed E-state index contributed by atoms with van der Waals surface area (Å²) in [5.74, 6) is 1.09. The van der Waals surface area contributed by atoms with Gasteiger partial charge in [0.2, 0.25) is 5.91 Å². The van der Waals surface area contributed by atoms with E-state index in [4.69, 9.17) is 0 Å². The first-order chi connectivity index (χ1) is 10.2. The van der Waals surface area contributed by atoms with Gasteiger partial charge in [-0.3, -0.25) is 14.5 Å². The fraction of sp³-hybridized carbons (Fsp3) is 0.400. The first-order valence-electron chi connectivity index (χ1n) is 7.16. The Morgan fingerprint density at radius 1 is 1.35 bits per heavy atom. The van der Waals surface area contributed by atoms with E-state index in [-0.39, 0.29) is 36.6 Å². The Balaban J connectivity index is 0.00000132. The Labute approximate surface area is 147 Å². The van der Waals surface area contributed by atoms with Gasteiger partial charge in [0.05, 0.1) is 6.54 Å². The lowest BCUT2D eigenvalue weighted by Crippen LogP contribution is -2.48. The van der Waals surface area contributed by atoms with Crippen LogP contribution in [0.25, 0.3) is 0 Å². The molecule has 6 nitrogen and oxygen atoms in total. The molecule has 1 amide bonds. The van der Waals surface area contributed by atoms with Gasteiger partial charge in [0.15, 0.2) is 5.82 Å². The lowest BCUT2D eigenvalue weighted by Gasteiger charge is -2.31. The van der Waals surface area contributed by atoms with Gasteiger partial charge >= 0.3 is 0 Å². The van der Waals surface area contributed by atoms with E-state index in [0.29, 0.717) is 18.3 Å². The zero-order valence-electron chi connectivity index (χ0n) is 12.8. The topological polar surface area (TPSA) is 71.8 Å². The third kappa shape index (κ3) is 4.92. The molecule has 0 radical (unpaired) electrons. The Bertz CT molecular complexity index is 615. The SMILES string of the molecule is CC(C(=O)Nc1ccn(Cc2ccncc2)n1)C1CNC1.Cl.Cl. The van der Waals surface area contributed by atoms with Gasteiger partial charge in [-0.1, -0.05) is 6.92 Å². The molecule has 1 atom stereocenters. The fourth-order valence-electron chi connectivity index (χ4n) is 2.31. The number of pyridine rings is 1. The predicted molar refractivity (Wildman–Crippen MR) is 94.2 cm³/mol. The van der Waals surface area contributed by atoms with Crippen LogP contribution in [0.15, 0.2) is 36.8 Å². The van der Waals surface area contributed by atoms with Gasteiger partial charge in [0.25, 0.3) is 0 Å². The average molecular weight is 358 g/mol. The van der Waals surface area contributed by atoms with Crippen LogP contribution in [0, 0.1) is 11.8 Å². The quantitative estimate of drug-likeness (QED) is 0.857. The summed E-state index contributed by atoms with van der Waals surface area (Å²) in [4.78, 5) is 16.1. The van der Waals surface area contributed by atoms with Crippen LogP contribution in [0.2, 0.25) is 0 Å². The standard InChI is InChI=1S/C15H19N5O.2ClH/c1-11(13-8-17-9-13)15(21)18-14-4-7-20(19-14)10-12-2-5-16-6-3-12;;/h2-7,11,13,17H,8-10H2,1H3,(H,18,19,21);2*1H. The number of aromatic nitrogens is 3. The van der Waals surface area contributed by atoms with Gasteiger partial charge in [-0.05, 0) is 36.7 Å². The van der Waals surface area contributed by atoms with Crippen molar-refractivity contribution in [1.82, 2.24) is 20.1 Å². The Morgan fingerprint density at radius 2 is 2.04 bits per heavy atom. The first kappa shape index (κ1) is 19.4. The third-order valence-electron chi connectivity index (χ3n) is 3.92. The Hall–Kier alpha value is -1.63. The highest BCUT2D eigenvalue weighted by Gasteiger charge is 2.28. The van der Waals surface area contributed by atoms with E-state index in [9.17, 15) is 4.79 Å². The van der Waals surface area contributed by atoms with Gasteiger partial charge in [0, 0.05) is 30.6 Å². The second-order valence-corrected chi connectivity index (χ2v) is 5.45. The number of halogens is 2. The molecule has 1 fully saturated rings. The minimum atomic E-state index is 0. The van der Waals surface area contributed by atoms with Crippen molar-refractivity contribution in [1.29, 1.82) is 0 Å². The summed E-state index contributed by atoms with van der Waals surface area (Å²) in [6, 6.07) is 5.72. The van der Waals surface area contributed by atoms with Crippen LogP contribution in [-0.2, 0) is 11.3 Å². The molecule has 1 aliphatic rings. The van der Waals surface area contributed by atoms with Crippen LogP contribution < -0.4 is 10.6 Å². The Morgan fingerprint density at radius 3 is 2.65 bits per heavy atom. The van der Waals surface area contributed by atoms with Gasteiger partial charge in [-0.25, -0.2) is 0 Å². The molecule has 23 heavy (non-hydrogen) atoms. The average Bonchev–Trinajstić information content (AvgIpc) is 2.85. The lowest BCUT2D eigenvalue weighted by molar-refractivity contribution is -0.121. The van der Waals surface area contributed by atoms with Gasteiger partial charge in [-0.15, -0.1) is 24.8 Å². The van der Waals surface area contributed by atoms with Crippen molar-refractivity contribution < 1.29 is 4.79 Å². The monoisotopic (exact) mass is 357 g/mol. The number of rotatable bonds is 5. The van der Waals surface area contributed by atoms with Gasteiger partial charge in [-0.2, -0.15) is 5.10 Å². The van der Waals surface area contributed by atoms with E-state index in [1.54, 1.807) is 17.1 Å². The number of anilines is 1. The normalized spacial score (nSPS) is 14.8. The van der Waals surface area contributed by atoms with Crippen molar-refractivity contribution in [3.63, 3.8) is 0 Å². The molecule has 126 valence electrons. The van der Waals surface area contributed by atoms with Crippen LogP contribution >= 0.6 is 24.8 Å². The van der Waals surface area contributed by atoms with Gasteiger partial charge in [0.1, 0.15) is 0 Å². The number of hydrogen-bond acceptors (Lipinski definition) is 4. The molecule has 8 heteroatoms. The van der Waals surface area contributed by atoms with E-state index < -0.39 is 0 Å². The van der Waals surface area contributed by atoms with Crippen molar-refractivity contribution in [2.24, 2.45) is 11.8 Å². The number of carbonyl (C=O) groups excluding carboxylic acids is 1. The summed E-state index contributed by atoms with van der Waals surface area (Å²) in [5, 5.41) is 10.5. The molecule has 2 aromatic heterocycles. The van der Waals surface area contributed by atoms with Crippen LogP contribution in [0.5, 0.6) is 0 Å². The molecule has 0 spiro atoms. The highest BCUT2D eigenvalue weighted by molar-refractivity contribution is 5.91. The van der Waals surface area contributed by atoms with Crippen LogP contribution in [0.1, 0.15) is 12.5 Å². The van der Waals surface area contributed by atoms with Crippen LogP contribution in [-0.4, -0.2) is 33.8 Å². The molecule has 3 rings (SSSR count). The minimum Gasteiger partial charge on any atom is -0.316 e. The summed E-state index contributed by atoms with van der Waals surface area (Å²) in [6.45, 7) is 4.48. The maximum Gasteiger partial charge on any atom is 0.228 e. The highest BCUT2D eigenvalue weighted by Crippen LogP contribution is 2.17. The fourth-order valence-corrected chi connectivity index (χ4v) is 2.31. The molecule has 1 unspecified atom stereocenters. The van der Waals surface area contributed by atoms with E-state index in [2.05, 4.69) is 20.7 Å². The molecule has 2 N–H and O–H groups in total. The van der Waals surface area contributed by atoms with Crippen molar-refractivity contribution in [3.05, 3.63) is 42.4 Å². The molecular weight excluding hydrogens is 337 g/mol. The molecule has 1 aliphatic heterocycles. The zero-order valence-corrected chi connectivity index (χ0v) is 14.4. The van der Waals surface area contributed by atoms with Crippen molar-refractivity contribution in [2.45, 2.75) is 13.5 Å². The molecule has 0 saturated carbocycles. The van der Waals surface area contributed by atoms with E-state index in [1.165, 1.54) is 0 Å². The number of carbonyl (C=O) groups is 1. The molecule has 3 heterocycles. The molecular formula is C15H21Cl2N5O. The van der Waals surface area contributed by atoms with Crippen molar-refractivity contribution >= 4 is 36.5 Å². The molecule has 0 bridgehead atoms. The van der Waals surface area contributed by atoms with Crippen molar-refractivity contribution in [3.8, 4) is 0 Å². The molecule has 0 aliphatic carbocycles. The highest BCUT2D eigenvalue weighted by atomic mass is 35.5. The summed E-state index contributed by atoms with van der Waals surface area (Å²) in [5.41, 5.74) is 1.12. The molecule has 1 saturated heterocycles. The minimum absolute atomic E-state index is 0. The Kier molecular flexibility index (Phi) is 7.48. The summed E-state index contributed by atoms with van der Waals surface area (Å²) < 4.78 is 1.81. The number of nitrogens with zero attached hydrogens (tertiary/aromatic N) is 3. The molecule has 0 aromatic carbocycles. The third-order valence-corrected chi connectivity index (χ3v) is 3.92. The number of hydrogen-bond donors (Lipinski definition) is 2. The number of amides is 1. The number of nitrogens with one attached hydrogen (secondary N) is 2. The van der Waals surface area contributed by atoms with Crippen LogP contribution in [0.4, 0.5) is 5.82 Å². The van der Waals surface area contributed by atoms with Gasteiger partial charge < -0.3 is 10.6 Å². The first-order valence-corrected chi connectivity index (χ1v) is 7.16. The second kappa shape index (κ2) is 8.86. The van der Waals surface area contributed by atoms with E-state index in [1.807, 2.05) is 31.3 Å². The van der Waals surface area contributed by atoms with E-state index >= 15 is 0 Å². The maximum atomic E-state index is 12.1. The van der Waals surface area contributed by atoms with Crippen molar-refractivity contribution in [2.75, 3.05) is 18.4 Å². The smallest absolute Gasteiger partial charge is 0.228 e. The summed E-state index contributed by atoms with van der Waals surface area (Å²) in [6.07, 6.45) is 5.39. The zero-order chi connectivity index (χ0) is 14.7. The maximum absolute atomic E-state index is 12.1.